The maximum Gasteiger partial charge on any atom is 0.259 e. The Kier molecular flexibility index (Phi) is 7.93. The first-order valence-electron chi connectivity index (χ1n) is 10.9. The van der Waals surface area contributed by atoms with E-state index in [0.717, 1.165) is 37.0 Å². The number of aliphatic hydroxyl groups excluding tert-OH is 2. The molecule has 0 saturated heterocycles. The number of aromatic hydroxyl groups is 1. The number of phenolic OH excluding ortho intramolecular Hbond substituents is 1. The third-order valence-corrected chi connectivity index (χ3v) is 6.09. The number of ether oxygens (including phenoxy) is 1. The minimum atomic E-state index is -0.592. The number of carbonyl (C=O) groups excluding carboxylic acids is 1. The van der Waals surface area contributed by atoms with E-state index in [-0.39, 0.29) is 24.9 Å². The molecule has 0 spiro atoms. The van der Waals surface area contributed by atoms with Crippen LogP contribution in [0.5, 0.6) is 11.5 Å². The summed E-state index contributed by atoms with van der Waals surface area (Å²) in [5.41, 5.74) is 4.02. The summed E-state index contributed by atoms with van der Waals surface area (Å²) in [5.74, 6) is 1.28. The number of aryl methyl sites for hydroxylation is 1. The fourth-order valence-corrected chi connectivity index (χ4v) is 4.11. The number of fused-ring (bicyclic) bond motifs is 1. The zero-order valence-corrected chi connectivity index (χ0v) is 18.4. The average molecular weight is 428 g/mol. The molecule has 31 heavy (non-hydrogen) atoms. The van der Waals surface area contributed by atoms with Crippen molar-refractivity contribution in [3.8, 4) is 11.5 Å². The number of hydrogen-bond acceptors (Lipinski definition) is 5. The number of phenols is 1. The lowest BCUT2D eigenvalue weighted by molar-refractivity contribution is -0.130. The van der Waals surface area contributed by atoms with Crippen molar-refractivity contribution in [1.29, 1.82) is 0 Å². The zero-order chi connectivity index (χ0) is 22.4. The number of amides is 1. The molecule has 1 aliphatic rings. The van der Waals surface area contributed by atoms with E-state index >= 15 is 0 Å². The third kappa shape index (κ3) is 6.21. The monoisotopic (exact) mass is 427 g/mol. The fraction of sp³-hybridized carbons (Fsp3) is 0.480. The first-order valence-corrected chi connectivity index (χ1v) is 10.9. The van der Waals surface area contributed by atoms with E-state index in [1.165, 1.54) is 16.0 Å². The topological polar surface area (TPSA) is 90.2 Å². The lowest BCUT2D eigenvalue weighted by Gasteiger charge is -2.26. The summed E-state index contributed by atoms with van der Waals surface area (Å²) in [6, 6.07) is 11.2. The van der Waals surface area contributed by atoms with Gasteiger partial charge in [-0.1, -0.05) is 12.1 Å². The summed E-state index contributed by atoms with van der Waals surface area (Å²) in [6.45, 7) is -0.00406. The molecule has 0 radical (unpaired) electrons. The van der Waals surface area contributed by atoms with Gasteiger partial charge in [0.2, 0.25) is 0 Å². The summed E-state index contributed by atoms with van der Waals surface area (Å²) in [7, 11) is 3.42. The van der Waals surface area contributed by atoms with Gasteiger partial charge in [-0.2, -0.15) is 0 Å². The van der Waals surface area contributed by atoms with Crippen LogP contribution < -0.4 is 4.74 Å². The molecule has 168 valence electrons. The molecule has 2 aromatic rings. The van der Waals surface area contributed by atoms with Crippen LogP contribution in [-0.2, 0) is 24.1 Å². The first kappa shape index (κ1) is 23.1. The Labute approximate surface area is 184 Å². The maximum absolute atomic E-state index is 11.7. The zero-order valence-electron chi connectivity index (χ0n) is 18.4. The molecule has 3 rings (SSSR count). The minimum absolute atomic E-state index is 0.0340. The van der Waals surface area contributed by atoms with Crippen molar-refractivity contribution in [2.75, 3.05) is 27.3 Å². The van der Waals surface area contributed by atoms with Gasteiger partial charge in [0.25, 0.3) is 5.91 Å². The number of aliphatic hydroxyl groups is 2. The molecule has 2 atom stereocenters. The van der Waals surface area contributed by atoms with Crippen molar-refractivity contribution in [2.24, 2.45) is 5.92 Å². The van der Waals surface area contributed by atoms with Gasteiger partial charge in [0.05, 0.1) is 6.10 Å². The molecule has 0 unspecified atom stereocenters. The summed E-state index contributed by atoms with van der Waals surface area (Å²) < 4.78 is 5.66. The summed E-state index contributed by atoms with van der Waals surface area (Å²) in [4.78, 5) is 13.3. The number of carbonyl (C=O) groups is 1. The van der Waals surface area contributed by atoms with Crippen LogP contribution in [0.1, 0.15) is 47.6 Å². The standard InChI is InChI=1S/C25H33NO5/c1-26(2)25(30)16-31-22-8-6-18-5-3-17(13-21(18)15-22)4-9-23(28)19-7-10-24(29)20(14-19)11-12-27/h6-8,10,14-15,17,23,27-29H,3-5,9,11-13,16H2,1-2H3/t17-,23+/m1/s1. The number of likely N-dealkylation sites (N-methyl/N-ethyl adjacent to an activating group) is 1. The average Bonchev–Trinajstić information content (AvgIpc) is 2.76. The smallest absolute Gasteiger partial charge is 0.259 e. The normalized spacial score (nSPS) is 16.5. The molecule has 0 heterocycles. The van der Waals surface area contributed by atoms with Gasteiger partial charge in [0, 0.05) is 20.7 Å². The van der Waals surface area contributed by atoms with Crippen molar-refractivity contribution in [3.05, 3.63) is 58.7 Å². The van der Waals surface area contributed by atoms with Crippen LogP contribution in [0.15, 0.2) is 36.4 Å². The van der Waals surface area contributed by atoms with Crippen molar-refractivity contribution in [1.82, 2.24) is 4.90 Å². The van der Waals surface area contributed by atoms with Crippen LogP contribution in [0.3, 0.4) is 0 Å². The van der Waals surface area contributed by atoms with Gasteiger partial charge in [-0.3, -0.25) is 4.79 Å². The molecular weight excluding hydrogens is 394 g/mol. The second-order valence-electron chi connectivity index (χ2n) is 8.57. The first-order chi connectivity index (χ1) is 14.9. The second kappa shape index (κ2) is 10.6. The number of hydrogen-bond donors (Lipinski definition) is 3. The molecule has 0 aromatic heterocycles. The molecule has 1 amide bonds. The van der Waals surface area contributed by atoms with Crippen LogP contribution >= 0.6 is 0 Å². The predicted molar refractivity (Wildman–Crippen MR) is 119 cm³/mol. The van der Waals surface area contributed by atoms with Gasteiger partial charge in [-0.05, 0) is 91.0 Å². The lowest BCUT2D eigenvalue weighted by atomic mass is 9.81. The highest BCUT2D eigenvalue weighted by Crippen LogP contribution is 2.33. The summed E-state index contributed by atoms with van der Waals surface area (Å²) in [6.07, 6.45) is 4.36. The highest BCUT2D eigenvalue weighted by Gasteiger charge is 2.21. The van der Waals surface area contributed by atoms with Crippen molar-refractivity contribution in [2.45, 2.75) is 44.6 Å². The Morgan fingerprint density at radius 1 is 1.19 bits per heavy atom. The molecule has 6 heteroatoms. The van der Waals surface area contributed by atoms with E-state index in [0.29, 0.717) is 24.3 Å². The van der Waals surface area contributed by atoms with E-state index in [1.54, 1.807) is 32.3 Å². The Bertz CT molecular complexity index is 895. The van der Waals surface area contributed by atoms with Gasteiger partial charge < -0.3 is 25.0 Å². The molecular formula is C25H33NO5. The molecule has 2 aromatic carbocycles. The summed E-state index contributed by atoms with van der Waals surface area (Å²) in [5, 5.41) is 29.6. The highest BCUT2D eigenvalue weighted by molar-refractivity contribution is 5.77. The van der Waals surface area contributed by atoms with E-state index < -0.39 is 6.10 Å². The Hall–Kier alpha value is -2.57. The largest absolute Gasteiger partial charge is 0.508 e. The Morgan fingerprint density at radius 2 is 2.00 bits per heavy atom. The predicted octanol–water partition coefficient (Wildman–Crippen LogP) is 3.01. The van der Waals surface area contributed by atoms with Gasteiger partial charge in [0.15, 0.2) is 6.61 Å². The second-order valence-corrected chi connectivity index (χ2v) is 8.57. The Balaban J connectivity index is 1.56. The van der Waals surface area contributed by atoms with Gasteiger partial charge >= 0.3 is 0 Å². The van der Waals surface area contributed by atoms with Crippen molar-refractivity contribution in [3.63, 3.8) is 0 Å². The SMILES string of the molecule is CN(C)C(=O)COc1ccc2c(c1)C[C@@H](CC[C@H](O)c1ccc(O)c(CCO)c1)CC2. The summed E-state index contributed by atoms with van der Waals surface area (Å²) >= 11 is 0. The van der Waals surface area contributed by atoms with E-state index in [1.807, 2.05) is 12.1 Å². The van der Waals surface area contributed by atoms with Gasteiger partial charge in [-0.25, -0.2) is 0 Å². The van der Waals surface area contributed by atoms with Gasteiger partial charge in [-0.15, -0.1) is 0 Å². The van der Waals surface area contributed by atoms with E-state index in [2.05, 4.69) is 6.07 Å². The Morgan fingerprint density at radius 3 is 2.74 bits per heavy atom. The van der Waals surface area contributed by atoms with Crippen LogP contribution in [-0.4, -0.2) is 53.4 Å². The number of nitrogens with zero attached hydrogens (tertiary/aromatic N) is 1. The van der Waals surface area contributed by atoms with Crippen LogP contribution in [0, 0.1) is 5.92 Å². The van der Waals surface area contributed by atoms with E-state index in [4.69, 9.17) is 9.84 Å². The fourth-order valence-electron chi connectivity index (χ4n) is 4.11. The quantitative estimate of drug-likeness (QED) is 0.572. The molecule has 1 aliphatic carbocycles. The maximum atomic E-state index is 11.7. The van der Waals surface area contributed by atoms with Gasteiger partial charge in [0.1, 0.15) is 11.5 Å². The number of rotatable bonds is 9. The third-order valence-electron chi connectivity index (χ3n) is 6.09. The number of benzene rings is 2. The molecule has 0 bridgehead atoms. The molecule has 3 N–H and O–H groups in total. The molecule has 0 aliphatic heterocycles. The van der Waals surface area contributed by atoms with Crippen LogP contribution in [0.2, 0.25) is 0 Å². The molecule has 6 nitrogen and oxygen atoms in total. The molecule has 0 fully saturated rings. The highest BCUT2D eigenvalue weighted by atomic mass is 16.5. The molecule has 0 saturated carbocycles. The van der Waals surface area contributed by atoms with Crippen LogP contribution in [0.4, 0.5) is 0 Å². The van der Waals surface area contributed by atoms with E-state index in [9.17, 15) is 15.0 Å². The minimum Gasteiger partial charge on any atom is -0.508 e. The van der Waals surface area contributed by atoms with Crippen molar-refractivity contribution >= 4 is 5.91 Å². The van der Waals surface area contributed by atoms with Crippen LogP contribution in [0.25, 0.3) is 0 Å². The van der Waals surface area contributed by atoms with Crippen molar-refractivity contribution < 1.29 is 24.9 Å². The lowest BCUT2D eigenvalue weighted by Crippen LogP contribution is -2.27.